The number of rotatable bonds is 4. The molecule has 0 radical (unpaired) electrons. The lowest BCUT2D eigenvalue weighted by Gasteiger charge is -2.16. The van der Waals surface area contributed by atoms with Crippen molar-refractivity contribution in [3.8, 4) is 11.5 Å². The Hall–Kier alpha value is -2.28. The highest BCUT2D eigenvalue weighted by atomic mass is 16.7. The molecule has 0 saturated heterocycles. The number of carbonyl (C=O) groups is 2. The summed E-state index contributed by atoms with van der Waals surface area (Å²) in [6.45, 7) is 2.34. The molecule has 1 aromatic carbocycles. The van der Waals surface area contributed by atoms with Crippen LogP contribution in [-0.2, 0) is 16.1 Å². The highest BCUT2D eigenvalue weighted by molar-refractivity contribution is 5.81. The second-order valence-corrected chi connectivity index (χ2v) is 4.59. The molecular weight excluding hydrogens is 262 g/mol. The van der Waals surface area contributed by atoms with E-state index in [0.29, 0.717) is 6.54 Å². The van der Waals surface area contributed by atoms with Crippen molar-refractivity contribution in [1.29, 1.82) is 0 Å². The average Bonchev–Trinajstić information content (AvgIpc) is 2.83. The zero-order valence-electron chi connectivity index (χ0n) is 11.4. The number of hydrogen-bond acceptors (Lipinski definition) is 5. The fourth-order valence-electron chi connectivity index (χ4n) is 1.85. The fraction of sp³-hybridized carbons (Fsp3) is 0.385. The zero-order chi connectivity index (χ0) is 14.5. The molecule has 0 unspecified atom stereocenters. The van der Waals surface area contributed by atoms with E-state index in [1.54, 1.807) is 0 Å². The maximum atomic E-state index is 11.5. The van der Waals surface area contributed by atoms with Gasteiger partial charge in [0, 0.05) is 13.5 Å². The maximum Gasteiger partial charge on any atom is 0.252 e. The van der Waals surface area contributed by atoms with Gasteiger partial charge >= 0.3 is 0 Å². The summed E-state index contributed by atoms with van der Waals surface area (Å²) >= 11 is 0. The second kappa shape index (κ2) is 6.25. The van der Waals surface area contributed by atoms with Crippen molar-refractivity contribution < 1.29 is 19.1 Å². The van der Waals surface area contributed by atoms with Crippen molar-refractivity contribution in [2.75, 3.05) is 20.4 Å². The standard InChI is InChI=1S/C13H17N3O4/c1-9(17)14-15-13(18)7-16(2)6-10-3-4-11-12(5-10)20-8-19-11/h3-5H,6-8H2,1-2H3,(H,14,17)(H,15,18). The molecule has 7 nitrogen and oxygen atoms in total. The molecule has 0 fully saturated rings. The first-order valence-electron chi connectivity index (χ1n) is 6.17. The van der Waals surface area contributed by atoms with E-state index >= 15 is 0 Å². The molecule has 0 saturated carbocycles. The molecule has 0 aromatic heterocycles. The molecule has 0 spiro atoms. The summed E-state index contributed by atoms with van der Waals surface area (Å²) in [6.07, 6.45) is 0. The number of carbonyl (C=O) groups excluding carboxylic acids is 2. The van der Waals surface area contributed by atoms with Crippen LogP contribution in [0.3, 0.4) is 0 Å². The lowest BCUT2D eigenvalue weighted by molar-refractivity contribution is -0.128. The first kappa shape index (κ1) is 14.1. The van der Waals surface area contributed by atoms with Crippen LogP contribution in [0.5, 0.6) is 11.5 Å². The first-order chi connectivity index (χ1) is 9.54. The highest BCUT2D eigenvalue weighted by Gasteiger charge is 2.14. The normalized spacial score (nSPS) is 12.3. The molecule has 20 heavy (non-hydrogen) atoms. The van der Waals surface area contributed by atoms with Crippen LogP contribution < -0.4 is 20.3 Å². The minimum absolute atomic E-state index is 0.175. The van der Waals surface area contributed by atoms with Gasteiger partial charge in [-0.3, -0.25) is 25.3 Å². The Morgan fingerprint density at radius 3 is 2.75 bits per heavy atom. The van der Waals surface area contributed by atoms with Crippen LogP contribution in [0.1, 0.15) is 12.5 Å². The van der Waals surface area contributed by atoms with Crippen LogP contribution in [-0.4, -0.2) is 37.1 Å². The molecule has 0 aliphatic carbocycles. The summed E-state index contributed by atoms with van der Waals surface area (Å²) in [5.41, 5.74) is 5.58. The number of fused-ring (bicyclic) bond motifs is 1. The zero-order valence-corrected chi connectivity index (χ0v) is 11.4. The van der Waals surface area contributed by atoms with Gasteiger partial charge in [-0.15, -0.1) is 0 Å². The minimum Gasteiger partial charge on any atom is -0.454 e. The van der Waals surface area contributed by atoms with Gasteiger partial charge in [-0.05, 0) is 24.7 Å². The van der Waals surface area contributed by atoms with Crippen LogP contribution in [0.15, 0.2) is 18.2 Å². The Morgan fingerprint density at radius 1 is 1.25 bits per heavy atom. The second-order valence-electron chi connectivity index (χ2n) is 4.59. The molecule has 1 aliphatic rings. The van der Waals surface area contributed by atoms with E-state index in [4.69, 9.17) is 9.47 Å². The summed E-state index contributed by atoms with van der Waals surface area (Å²) in [6, 6.07) is 5.67. The largest absolute Gasteiger partial charge is 0.454 e. The summed E-state index contributed by atoms with van der Waals surface area (Å²) in [5.74, 6) is 0.874. The van der Waals surface area contributed by atoms with Crippen molar-refractivity contribution >= 4 is 11.8 Å². The predicted molar refractivity (Wildman–Crippen MR) is 70.9 cm³/mol. The average molecular weight is 279 g/mol. The lowest BCUT2D eigenvalue weighted by Crippen LogP contribution is -2.44. The maximum absolute atomic E-state index is 11.5. The van der Waals surface area contributed by atoms with E-state index in [1.807, 2.05) is 30.1 Å². The monoisotopic (exact) mass is 279 g/mol. The Morgan fingerprint density at radius 2 is 2.00 bits per heavy atom. The van der Waals surface area contributed by atoms with Crippen molar-refractivity contribution in [2.24, 2.45) is 0 Å². The van der Waals surface area contributed by atoms with Crippen LogP contribution >= 0.6 is 0 Å². The van der Waals surface area contributed by atoms with Gasteiger partial charge in [0.15, 0.2) is 11.5 Å². The van der Waals surface area contributed by atoms with Gasteiger partial charge in [-0.25, -0.2) is 0 Å². The molecule has 7 heteroatoms. The number of hydrazine groups is 1. The van der Waals surface area contributed by atoms with Crippen LogP contribution in [0.2, 0.25) is 0 Å². The number of likely N-dealkylation sites (N-methyl/N-ethyl adjacent to an activating group) is 1. The summed E-state index contributed by atoms with van der Waals surface area (Å²) in [5, 5.41) is 0. The van der Waals surface area contributed by atoms with Gasteiger partial charge in [0.2, 0.25) is 12.7 Å². The van der Waals surface area contributed by atoms with Gasteiger partial charge in [0.25, 0.3) is 5.91 Å². The van der Waals surface area contributed by atoms with Crippen molar-refractivity contribution in [3.05, 3.63) is 23.8 Å². The van der Waals surface area contributed by atoms with Crippen molar-refractivity contribution in [3.63, 3.8) is 0 Å². The van der Waals surface area contributed by atoms with E-state index in [-0.39, 0.29) is 25.2 Å². The highest BCUT2D eigenvalue weighted by Crippen LogP contribution is 2.32. The van der Waals surface area contributed by atoms with E-state index < -0.39 is 0 Å². The van der Waals surface area contributed by atoms with Crippen LogP contribution in [0, 0.1) is 0 Å². The molecule has 1 aliphatic heterocycles. The molecule has 2 amide bonds. The molecule has 2 N–H and O–H groups in total. The summed E-state index contributed by atoms with van der Waals surface area (Å²) < 4.78 is 10.5. The lowest BCUT2D eigenvalue weighted by atomic mass is 10.2. The van der Waals surface area contributed by atoms with Crippen LogP contribution in [0.25, 0.3) is 0 Å². The quantitative estimate of drug-likeness (QED) is 0.759. The molecule has 1 heterocycles. The third-order valence-electron chi connectivity index (χ3n) is 2.68. The number of nitrogens with zero attached hydrogens (tertiary/aromatic N) is 1. The van der Waals surface area contributed by atoms with Gasteiger partial charge in [0.1, 0.15) is 0 Å². The molecular formula is C13H17N3O4. The van der Waals surface area contributed by atoms with Gasteiger partial charge in [-0.1, -0.05) is 6.07 Å². The molecule has 108 valence electrons. The smallest absolute Gasteiger partial charge is 0.252 e. The van der Waals surface area contributed by atoms with E-state index in [2.05, 4.69) is 10.9 Å². The van der Waals surface area contributed by atoms with Crippen molar-refractivity contribution in [2.45, 2.75) is 13.5 Å². The SMILES string of the molecule is CC(=O)NNC(=O)CN(C)Cc1ccc2c(c1)OCO2. The molecule has 2 rings (SSSR count). The summed E-state index contributed by atoms with van der Waals surface area (Å²) in [4.78, 5) is 24.0. The van der Waals surface area contributed by atoms with Gasteiger partial charge in [-0.2, -0.15) is 0 Å². The molecule has 0 atom stereocenters. The molecule has 1 aromatic rings. The topological polar surface area (TPSA) is 79.9 Å². The number of ether oxygens (including phenoxy) is 2. The van der Waals surface area contributed by atoms with E-state index in [1.165, 1.54) is 6.92 Å². The van der Waals surface area contributed by atoms with Crippen LogP contribution in [0.4, 0.5) is 0 Å². The van der Waals surface area contributed by atoms with E-state index in [9.17, 15) is 9.59 Å². The number of benzene rings is 1. The first-order valence-corrected chi connectivity index (χ1v) is 6.17. The van der Waals surface area contributed by atoms with Gasteiger partial charge in [0.05, 0.1) is 6.54 Å². The van der Waals surface area contributed by atoms with Crippen molar-refractivity contribution in [1.82, 2.24) is 15.8 Å². The van der Waals surface area contributed by atoms with Gasteiger partial charge < -0.3 is 9.47 Å². The third-order valence-corrected chi connectivity index (χ3v) is 2.68. The number of amides is 2. The predicted octanol–water partition coefficient (Wildman–Crippen LogP) is 0.0144. The number of hydrogen-bond donors (Lipinski definition) is 2. The molecule has 0 bridgehead atoms. The summed E-state index contributed by atoms with van der Waals surface area (Å²) in [7, 11) is 1.82. The Labute approximate surface area is 116 Å². The van der Waals surface area contributed by atoms with E-state index in [0.717, 1.165) is 17.1 Å². The Bertz CT molecular complexity index is 518. The number of nitrogens with one attached hydrogen (secondary N) is 2. The fourth-order valence-corrected chi connectivity index (χ4v) is 1.85. The Kier molecular flexibility index (Phi) is 4.41. The Balaban J connectivity index is 1.83. The third kappa shape index (κ3) is 3.86. The minimum atomic E-state index is -0.309.